The molecular weight excluding hydrogens is 564 g/mol. The van der Waals surface area contributed by atoms with Crippen molar-refractivity contribution >= 4 is 51.0 Å². The summed E-state index contributed by atoms with van der Waals surface area (Å²) in [7, 11) is 0. The van der Waals surface area contributed by atoms with Crippen molar-refractivity contribution in [3.8, 4) is 6.07 Å². The molecule has 1 saturated heterocycles. The zero-order chi connectivity index (χ0) is 27.2. The van der Waals surface area contributed by atoms with Gasteiger partial charge in [0.1, 0.15) is 22.2 Å². The number of hydrogen-bond donors (Lipinski definition) is 1. The van der Waals surface area contributed by atoms with Gasteiger partial charge in [0.25, 0.3) is 5.91 Å². The Hall–Kier alpha value is -3.86. The van der Waals surface area contributed by atoms with Crippen LogP contribution in [0, 0.1) is 17.9 Å². The molecule has 8 nitrogen and oxygen atoms in total. The Labute approximate surface area is 234 Å². The summed E-state index contributed by atoms with van der Waals surface area (Å²) in [5.74, 6) is -0.126. The van der Waals surface area contributed by atoms with Gasteiger partial charge in [-0.1, -0.05) is 64.9 Å². The van der Waals surface area contributed by atoms with Gasteiger partial charge >= 0.3 is 0 Å². The summed E-state index contributed by atoms with van der Waals surface area (Å²) in [6.45, 7) is 11.7. The number of aromatic nitrogens is 1. The van der Waals surface area contributed by atoms with Crippen LogP contribution in [0.1, 0.15) is 39.2 Å². The summed E-state index contributed by atoms with van der Waals surface area (Å²) >= 11 is 4.52. The Morgan fingerprint density at radius 2 is 1.82 bits per heavy atom. The molecule has 10 heteroatoms. The molecule has 3 aromatic rings. The number of carbonyl (C=O) groups excluding carboxylic acids is 2. The monoisotopic (exact) mass is 588 g/mol. The lowest BCUT2D eigenvalue weighted by Crippen LogP contribution is -2.49. The predicted molar refractivity (Wildman–Crippen MR) is 151 cm³/mol. The largest absolute Gasteiger partial charge is 0.368 e. The molecule has 0 bridgehead atoms. The maximum atomic E-state index is 13.0. The van der Waals surface area contributed by atoms with Crippen molar-refractivity contribution < 1.29 is 9.59 Å². The number of hydrogen-bond acceptors (Lipinski definition) is 6. The average molecular weight is 590 g/mol. The molecule has 0 radical (unpaired) electrons. The average Bonchev–Trinajstić information content (AvgIpc) is 2.95. The van der Waals surface area contributed by atoms with E-state index >= 15 is 0 Å². The van der Waals surface area contributed by atoms with Gasteiger partial charge in [-0.25, -0.2) is 9.83 Å². The van der Waals surface area contributed by atoms with Crippen LogP contribution in [0.5, 0.6) is 0 Å². The molecule has 1 unspecified atom stereocenters. The number of anilines is 1. The maximum absolute atomic E-state index is 13.0. The van der Waals surface area contributed by atoms with Crippen LogP contribution in [-0.2, 0) is 11.2 Å². The third-order valence-corrected chi connectivity index (χ3v) is 8.13. The molecule has 2 heterocycles. The van der Waals surface area contributed by atoms with Crippen LogP contribution >= 0.6 is 27.7 Å². The van der Waals surface area contributed by atoms with E-state index in [9.17, 15) is 14.9 Å². The second-order valence-electron chi connectivity index (χ2n) is 8.62. The van der Waals surface area contributed by atoms with Crippen LogP contribution in [-0.4, -0.2) is 47.9 Å². The highest BCUT2D eigenvalue weighted by Gasteiger charge is 2.29. The van der Waals surface area contributed by atoms with Gasteiger partial charge in [0, 0.05) is 36.2 Å². The minimum atomic E-state index is -0.743. The minimum Gasteiger partial charge on any atom is -0.368 e. The van der Waals surface area contributed by atoms with E-state index in [4.69, 9.17) is 17.3 Å². The van der Waals surface area contributed by atoms with Crippen molar-refractivity contribution in [1.82, 2.24) is 9.88 Å². The summed E-state index contributed by atoms with van der Waals surface area (Å²) in [5.41, 5.74) is 8.29. The van der Waals surface area contributed by atoms with Crippen LogP contribution in [0.2, 0.25) is 0 Å². The fourth-order valence-corrected chi connectivity index (χ4v) is 5.72. The maximum Gasteiger partial charge on any atom is 0.253 e. The quantitative estimate of drug-likeness (QED) is 0.303. The zero-order valence-electron chi connectivity index (χ0n) is 20.7. The van der Waals surface area contributed by atoms with Crippen LogP contribution < -0.4 is 10.6 Å². The number of rotatable bonds is 7. The van der Waals surface area contributed by atoms with E-state index in [0.717, 1.165) is 16.2 Å². The first-order valence-corrected chi connectivity index (χ1v) is 13.7. The number of piperazine rings is 1. The van der Waals surface area contributed by atoms with Crippen molar-refractivity contribution in [1.29, 1.82) is 5.26 Å². The molecule has 1 fully saturated rings. The summed E-state index contributed by atoms with van der Waals surface area (Å²) in [6.07, 6.45) is 0.457. The second-order valence-corrected chi connectivity index (χ2v) is 10.6. The van der Waals surface area contributed by atoms with E-state index in [1.54, 1.807) is 17.0 Å². The van der Waals surface area contributed by atoms with E-state index in [0.29, 0.717) is 71.4 Å². The Balaban J connectivity index is 1.65. The molecule has 1 aromatic heterocycles. The number of amides is 2. The fraction of sp³-hybridized carbons (Fsp3) is 0.250. The van der Waals surface area contributed by atoms with E-state index in [2.05, 4.69) is 26.8 Å². The van der Waals surface area contributed by atoms with Crippen molar-refractivity contribution in [2.75, 3.05) is 31.1 Å². The van der Waals surface area contributed by atoms with Gasteiger partial charge in [-0.05, 0) is 41.8 Å². The van der Waals surface area contributed by atoms with Gasteiger partial charge in [0.2, 0.25) is 11.6 Å². The normalized spacial score (nSPS) is 13.9. The molecular formula is C28H25BrN6O2S. The molecule has 1 aliphatic rings. The van der Waals surface area contributed by atoms with Crippen LogP contribution in [0.25, 0.3) is 4.85 Å². The van der Waals surface area contributed by atoms with Gasteiger partial charge in [0.15, 0.2) is 0 Å². The lowest BCUT2D eigenvalue weighted by molar-refractivity contribution is -0.117. The number of halogens is 1. The molecule has 192 valence electrons. The number of pyridine rings is 1. The summed E-state index contributed by atoms with van der Waals surface area (Å²) < 4.78 is 0.906. The molecule has 2 N–H and O–H groups in total. The SMILES string of the molecule is [C-]#[N+]c1c(N2CCN(C(=O)c3ccc(Br)cc3)CC2)nc(SC(C(N)=O)c2ccccc2)c(C#N)c1CC. The van der Waals surface area contributed by atoms with Crippen LogP contribution in [0.3, 0.4) is 0 Å². The Kier molecular flexibility index (Phi) is 8.67. The Bertz CT molecular complexity index is 1420. The molecule has 4 rings (SSSR count). The van der Waals surface area contributed by atoms with Crippen molar-refractivity contribution in [3.63, 3.8) is 0 Å². The van der Waals surface area contributed by atoms with Crippen molar-refractivity contribution in [2.45, 2.75) is 23.6 Å². The van der Waals surface area contributed by atoms with Gasteiger partial charge < -0.3 is 15.5 Å². The van der Waals surface area contributed by atoms with E-state index in [-0.39, 0.29) is 5.91 Å². The number of thioether (sulfide) groups is 1. The first-order chi connectivity index (χ1) is 18.4. The van der Waals surface area contributed by atoms with Crippen molar-refractivity contribution in [2.24, 2.45) is 5.73 Å². The third-order valence-electron chi connectivity index (χ3n) is 6.35. The highest BCUT2D eigenvalue weighted by Crippen LogP contribution is 2.42. The fourth-order valence-electron chi connectivity index (χ4n) is 4.40. The summed E-state index contributed by atoms with van der Waals surface area (Å²) in [4.78, 5) is 37.7. The molecule has 1 aliphatic heterocycles. The van der Waals surface area contributed by atoms with E-state index in [1.807, 2.05) is 54.3 Å². The van der Waals surface area contributed by atoms with Gasteiger partial charge in [-0.3, -0.25) is 9.59 Å². The Morgan fingerprint density at radius 3 is 2.37 bits per heavy atom. The minimum absolute atomic E-state index is 0.0482. The van der Waals surface area contributed by atoms with Crippen molar-refractivity contribution in [3.05, 3.63) is 92.7 Å². The molecule has 0 aliphatic carbocycles. The molecule has 1 atom stereocenters. The molecule has 0 saturated carbocycles. The number of nitrogens with two attached hydrogens (primary N) is 1. The Morgan fingerprint density at radius 1 is 1.16 bits per heavy atom. The third kappa shape index (κ3) is 5.67. The summed E-state index contributed by atoms with van der Waals surface area (Å²) in [5, 5.41) is 9.64. The van der Waals surface area contributed by atoms with Gasteiger partial charge in [0.05, 0.1) is 12.1 Å². The summed E-state index contributed by atoms with van der Waals surface area (Å²) in [6, 6.07) is 18.6. The lowest BCUT2D eigenvalue weighted by atomic mass is 10.1. The number of carbonyl (C=O) groups is 2. The predicted octanol–water partition coefficient (Wildman–Crippen LogP) is 5.11. The zero-order valence-corrected chi connectivity index (χ0v) is 23.1. The van der Waals surface area contributed by atoms with Gasteiger partial charge in [-0.15, -0.1) is 0 Å². The first kappa shape index (κ1) is 27.2. The second kappa shape index (κ2) is 12.1. The smallest absolute Gasteiger partial charge is 0.253 e. The number of nitriles is 1. The van der Waals surface area contributed by atoms with Gasteiger partial charge in [-0.2, -0.15) is 5.26 Å². The lowest BCUT2D eigenvalue weighted by Gasteiger charge is -2.36. The molecule has 2 amide bonds. The van der Waals surface area contributed by atoms with Crippen LogP contribution in [0.4, 0.5) is 11.5 Å². The molecule has 38 heavy (non-hydrogen) atoms. The standard InChI is InChI=1S/C28H25BrN6O2S/c1-3-21-22(17-30)27(38-24(25(31)36)18-7-5-4-6-8-18)33-26(23(21)32-2)34-13-15-35(16-14-34)28(37)19-9-11-20(29)12-10-19/h4-12,24H,3,13-16H2,1H3,(H2,31,36). The number of nitrogens with zero attached hydrogens (tertiary/aromatic N) is 5. The number of benzene rings is 2. The van der Waals surface area contributed by atoms with E-state index in [1.165, 1.54) is 0 Å². The highest BCUT2D eigenvalue weighted by molar-refractivity contribution is 9.10. The molecule has 2 aromatic carbocycles. The van der Waals surface area contributed by atoms with E-state index < -0.39 is 11.2 Å². The topological polar surface area (TPSA) is 108 Å². The molecule has 0 spiro atoms. The van der Waals surface area contributed by atoms with Crippen LogP contribution in [0.15, 0.2) is 64.1 Å². The highest BCUT2D eigenvalue weighted by atomic mass is 79.9. The first-order valence-electron chi connectivity index (χ1n) is 12.0. The number of primary amides is 1.